The minimum absolute atomic E-state index is 0.729. The maximum absolute atomic E-state index is 3.90. The topological polar surface area (TPSA) is 24.1 Å². The molecule has 0 spiro atoms. The Morgan fingerprint density at radius 1 is 0.464 bits per heavy atom. The van der Waals surface area contributed by atoms with E-state index >= 15 is 0 Å². The largest absolute Gasteiger partial charge is 0.312 e. The molecule has 0 aromatic heterocycles. The Morgan fingerprint density at radius 2 is 0.786 bits per heavy atom. The van der Waals surface area contributed by atoms with Crippen LogP contribution in [0.1, 0.15) is 142 Å². The van der Waals surface area contributed by atoms with E-state index in [9.17, 15) is 0 Å². The first kappa shape index (κ1) is 26.0. The van der Waals surface area contributed by atoms with Gasteiger partial charge in [0.05, 0.1) is 0 Å². The molecule has 1 fully saturated rings. The third-order valence-electron chi connectivity index (χ3n) is 6.64. The average molecular weight is 395 g/mol. The van der Waals surface area contributed by atoms with Crippen LogP contribution in [0, 0.1) is 0 Å². The normalized spacial score (nSPS) is 19.9. The van der Waals surface area contributed by atoms with Gasteiger partial charge in [-0.15, -0.1) is 0 Å². The van der Waals surface area contributed by atoms with Crippen LogP contribution in [0.4, 0.5) is 0 Å². The molecule has 0 radical (unpaired) electrons. The summed E-state index contributed by atoms with van der Waals surface area (Å²) in [6.07, 6.45) is 28.3. The van der Waals surface area contributed by atoms with Gasteiger partial charge in [0, 0.05) is 12.1 Å². The number of nitrogens with one attached hydrogen (secondary N) is 2. The van der Waals surface area contributed by atoms with Gasteiger partial charge in [-0.3, -0.25) is 0 Å². The first-order valence-corrected chi connectivity index (χ1v) is 13.3. The molecule has 0 saturated heterocycles. The highest BCUT2D eigenvalue weighted by molar-refractivity contribution is 4.86. The van der Waals surface area contributed by atoms with Gasteiger partial charge in [-0.1, -0.05) is 117 Å². The number of hydrogen-bond donors (Lipinski definition) is 2. The van der Waals surface area contributed by atoms with E-state index in [4.69, 9.17) is 0 Å². The highest BCUT2D eigenvalue weighted by atomic mass is 15.0. The Kier molecular flexibility index (Phi) is 18.7. The van der Waals surface area contributed by atoms with Crippen LogP contribution in [-0.4, -0.2) is 25.2 Å². The first-order valence-electron chi connectivity index (χ1n) is 13.3. The second-order valence-electron chi connectivity index (χ2n) is 9.36. The van der Waals surface area contributed by atoms with E-state index in [1.54, 1.807) is 0 Å². The average Bonchev–Trinajstić information content (AvgIpc) is 2.72. The zero-order chi connectivity index (χ0) is 20.1. The zero-order valence-corrected chi connectivity index (χ0v) is 19.7. The molecule has 2 atom stereocenters. The van der Waals surface area contributed by atoms with Crippen molar-refractivity contribution in [2.24, 2.45) is 0 Å². The number of unbranched alkanes of at least 4 members (excludes halogenated alkanes) is 14. The molecule has 1 aliphatic carbocycles. The summed E-state index contributed by atoms with van der Waals surface area (Å²) in [7, 11) is 0. The molecule has 1 aliphatic rings. The van der Waals surface area contributed by atoms with Gasteiger partial charge in [0.2, 0.25) is 0 Å². The summed E-state index contributed by atoms with van der Waals surface area (Å²) in [4.78, 5) is 0. The summed E-state index contributed by atoms with van der Waals surface area (Å²) < 4.78 is 0. The Hall–Kier alpha value is -0.0800. The molecule has 0 heterocycles. The monoisotopic (exact) mass is 394 g/mol. The molecule has 2 heteroatoms. The first-order chi connectivity index (χ1) is 13.9. The van der Waals surface area contributed by atoms with Crippen molar-refractivity contribution in [2.75, 3.05) is 13.1 Å². The second-order valence-corrected chi connectivity index (χ2v) is 9.36. The van der Waals surface area contributed by atoms with E-state index in [1.807, 2.05) is 0 Å². The molecule has 28 heavy (non-hydrogen) atoms. The molecule has 0 bridgehead atoms. The highest BCUT2D eigenvalue weighted by Gasteiger charge is 2.23. The van der Waals surface area contributed by atoms with Crippen LogP contribution >= 0.6 is 0 Å². The van der Waals surface area contributed by atoms with Gasteiger partial charge < -0.3 is 10.6 Å². The van der Waals surface area contributed by atoms with Crippen LogP contribution in [0.2, 0.25) is 0 Å². The van der Waals surface area contributed by atoms with Crippen LogP contribution in [0.5, 0.6) is 0 Å². The standard InChI is InChI=1S/C26H54N2/c1-3-5-7-9-11-13-15-19-23-27-25-21-17-18-22-26(25)28-24-20-16-14-12-10-8-6-4-2/h25-28H,3-24H2,1-2H3/t25-,26-/m0/s1. The molecule has 168 valence electrons. The van der Waals surface area contributed by atoms with Gasteiger partial charge in [0.25, 0.3) is 0 Å². The van der Waals surface area contributed by atoms with Crippen LogP contribution in [-0.2, 0) is 0 Å². The van der Waals surface area contributed by atoms with Crippen molar-refractivity contribution >= 4 is 0 Å². The van der Waals surface area contributed by atoms with Crippen LogP contribution in [0.15, 0.2) is 0 Å². The third kappa shape index (κ3) is 14.9. The Balaban J connectivity index is 1.96. The van der Waals surface area contributed by atoms with Crippen molar-refractivity contribution in [2.45, 2.75) is 154 Å². The maximum atomic E-state index is 3.90. The van der Waals surface area contributed by atoms with E-state index in [-0.39, 0.29) is 0 Å². The van der Waals surface area contributed by atoms with Gasteiger partial charge >= 0.3 is 0 Å². The van der Waals surface area contributed by atoms with Crippen LogP contribution < -0.4 is 10.6 Å². The summed E-state index contributed by atoms with van der Waals surface area (Å²) >= 11 is 0. The molecule has 0 aromatic carbocycles. The maximum Gasteiger partial charge on any atom is 0.0221 e. The minimum atomic E-state index is 0.729. The fourth-order valence-corrected chi connectivity index (χ4v) is 4.71. The molecule has 2 N–H and O–H groups in total. The Labute approximate surface area is 178 Å². The van der Waals surface area contributed by atoms with E-state index in [1.165, 1.54) is 142 Å². The smallest absolute Gasteiger partial charge is 0.0221 e. The van der Waals surface area contributed by atoms with Gasteiger partial charge in [-0.25, -0.2) is 0 Å². The molecule has 1 saturated carbocycles. The Bertz CT molecular complexity index is 275. The van der Waals surface area contributed by atoms with E-state index in [2.05, 4.69) is 24.5 Å². The quantitative estimate of drug-likeness (QED) is 0.206. The fourth-order valence-electron chi connectivity index (χ4n) is 4.71. The van der Waals surface area contributed by atoms with Crippen molar-refractivity contribution in [1.29, 1.82) is 0 Å². The van der Waals surface area contributed by atoms with Crippen molar-refractivity contribution in [3.63, 3.8) is 0 Å². The van der Waals surface area contributed by atoms with Crippen LogP contribution in [0.3, 0.4) is 0 Å². The van der Waals surface area contributed by atoms with Crippen molar-refractivity contribution in [1.82, 2.24) is 10.6 Å². The molecule has 0 aromatic rings. The van der Waals surface area contributed by atoms with Gasteiger partial charge in [-0.05, 0) is 38.8 Å². The third-order valence-corrected chi connectivity index (χ3v) is 6.64. The van der Waals surface area contributed by atoms with Gasteiger partial charge in [0.15, 0.2) is 0 Å². The van der Waals surface area contributed by atoms with Crippen molar-refractivity contribution in [3.8, 4) is 0 Å². The molecule has 2 nitrogen and oxygen atoms in total. The SMILES string of the molecule is CCCCCCCCCCN[C@H]1CCCC[C@@H]1NCCCCCCCCCC. The van der Waals surface area contributed by atoms with Crippen molar-refractivity contribution < 1.29 is 0 Å². The Morgan fingerprint density at radius 3 is 1.14 bits per heavy atom. The number of rotatable bonds is 20. The fraction of sp³-hybridized carbons (Fsp3) is 1.00. The second kappa shape index (κ2) is 20.2. The summed E-state index contributed by atoms with van der Waals surface area (Å²) in [5, 5.41) is 7.80. The van der Waals surface area contributed by atoms with E-state index in [0.29, 0.717) is 0 Å². The predicted octanol–water partition coefficient (Wildman–Crippen LogP) is 7.76. The molecule has 0 aliphatic heterocycles. The molecular formula is C26H54N2. The molecular weight excluding hydrogens is 340 g/mol. The highest BCUT2D eigenvalue weighted by Crippen LogP contribution is 2.19. The summed E-state index contributed by atoms with van der Waals surface area (Å²) in [5.41, 5.74) is 0. The van der Waals surface area contributed by atoms with Gasteiger partial charge in [0.1, 0.15) is 0 Å². The molecule has 0 unspecified atom stereocenters. The van der Waals surface area contributed by atoms with Crippen molar-refractivity contribution in [3.05, 3.63) is 0 Å². The van der Waals surface area contributed by atoms with Gasteiger partial charge in [-0.2, -0.15) is 0 Å². The zero-order valence-electron chi connectivity index (χ0n) is 19.7. The van der Waals surface area contributed by atoms with E-state index < -0.39 is 0 Å². The summed E-state index contributed by atoms with van der Waals surface area (Å²) in [5.74, 6) is 0. The molecule has 1 rings (SSSR count). The lowest BCUT2D eigenvalue weighted by Gasteiger charge is -2.33. The number of hydrogen-bond acceptors (Lipinski definition) is 2. The van der Waals surface area contributed by atoms with E-state index in [0.717, 1.165) is 12.1 Å². The lowest BCUT2D eigenvalue weighted by molar-refractivity contribution is 0.281. The lowest BCUT2D eigenvalue weighted by atomic mass is 9.90. The minimum Gasteiger partial charge on any atom is -0.312 e. The summed E-state index contributed by atoms with van der Waals surface area (Å²) in [6.45, 7) is 7.06. The molecule has 0 amide bonds. The lowest BCUT2D eigenvalue weighted by Crippen LogP contribution is -2.50. The predicted molar refractivity (Wildman–Crippen MR) is 127 cm³/mol. The van der Waals surface area contributed by atoms with Crippen LogP contribution in [0.25, 0.3) is 0 Å². The summed E-state index contributed by atoms with van der Waals surface area (Å²) in [6, 6.07) is 1.46.